The Morgan fingerprint density at radius 2 is 1.50 bits per heavy atom. The first-order valence-electron chi connectivity index (χ1n) is 8.93. The molecule has 0 amide bonds. The first-order valence-corrected chi connectivity index (χ1v) is 8.93. The molecule has 2 aromatic rings. The lowest BCUT2D eigenvalue weighted by Crippen LogP contribution is -2.53. The minimum absolute atomic E-state index is 0.259. The lowest BCUT2D eigenvalue weighted by molar-refractivity contribution is 0.0345. The van der Waals surface area contributed by atoms with Gasteiger partial charge in [-0.1, -0.05) is 60.7 Å². The second-order valence-electron chi connectivity index (χ2n) is 6.92. The summed E-state index contributed by atoms with van der Waals surface area (Å²) < 4.78 is 0. The minimum atomic E-state index is -0.259. The van der Waals surface area contributed by atoms with Gasteiger partial charge in [0.1, 0.15) is 0 Å². The van der Waals surface area contributed by atoms with Crippen molar-refractivity contribution in [1.82, 2.24) is 9.80 Å². The van der Waals surface area contributed by atoms with Crippen LogP contribution >= 0.6 is 0 Å². The van der Waals surface area contributed by atoms with Gasteiger partial charge < -0.3 is 5.11 Å². The predicted octanol–water partition coefficient (Wildman–Crippen LogP) is 3.14. The van der Waals surface area contributed by atoms with Gasteiger partial charge in [-0.15, -0.1) is 0 Å². The normalized spacial score (nSPS) is 20.8. The van der Waals surface area contributed by atoms with E-state index in [1.807, 2.05) is 6.92 Å². The van der Waals surface area contributed by atoms with E-state index in [-0.39, 0.29) is 6.10 Å². The van der Waals surface area contributed by atoms with Crippen LogP contribution in [0.5, 0.6) is 0 Å². The van der Waals surface area contributed by atoms with Crippen LogP contribution in [0.15, 0.2) is 60.7 Å². The summed E-state index contributed by atoms with van der Waals surface area (Å²) >= 11 is 0. The van der Waals surface area contributed by atoms with Crippen LogP contribution in [0.1, 0.15) is 24.5 Å². The molecule has 24 heavy (non-hydrogen) atoms. The summed E-state index contributed by atoms with van der Waals surface area (Å²) in [7, 11) is 0. The predicted molar refractivity (Wildman–Crippen MR) is 98.7 cm³/mol. The molecule has 2 atom stereocenters. The van der Waals surface area contributed by atoms with Gasteiger partial charge in [-0.3, -0.25) is 9.80 Å². The van der Waals surface area contributed by atoms with Crippen LogP contribution in [0.2, 0.25) is 0 Å². The van der Waals surface area contributed by atoms with E-state index >= 15 is 0 Å². The highest BCUT2D eigenvalue weighted by Gasteiger charge is 2.27. The van der Waals surface area contributed by atoms with Crippen molar-refractivity contribution in [3.63, 3.8) is 0 Å². The molecule has 3 rings (SSSR count). The van der Waals surface area contributed by atoms with E-state index in [9.17, 15) is 5.11 Å². The molecule has 3 heteroatoms. The molecule has 1 aliphatic heterocycles. The third-order valence-electron chi connectivity index (χ3n) is 4.78. The Hall–Kier alpha value is -1.68. The van der Waals surface area contributed by atoms with Gasteiger partial charge in [-0.2, -0.15) is 0 Å². The maximum Gasteiger partial charge on any atom is 0.0527 e. The number of aliphatic hydroxyl groups excluding tert-OH is 1. The summed E-state index contributed by atoms with van der Waals surface area (Å²) in [6, 6.07) is 21.7. The Morgan fingerprint density at radius 3 is 2.08 bits per heavy atom. The van der Waals surface area contributed by atoms with Crippen molar-refractivity contribution >= 4 is 0 Å². The average molecular weight is 324 g/mol. The van der Waals surface area contributed by atoms with Gasteiger partial charge in [0.15, 0.2) is 0 Å². The number of benzene rings is 2. The molecule has 0 saturated carbocycles. The fraction of sp³-hybridized carbons (Fsp3) is 0.429. The molecule has 1 fully saturated rings. The molecule has 0 radical (unpaired) electrons. The molecule has 1 saturated heterocycles. The molecule has 3 nitrogen and oxygen atoms in total. The zero-order chi connectivity index (χ0) is 16.8. The molecule has 128 valence electrons. The van der Waals surface area contributed by atoms with Gasteiger partial charge in [0, 0.05) is 38.8 Å². The lowest BCUT2D eigenvalue weighted by atomic mass is 10.0. The Labute approximate surface area is 145 Å². The van der Waals surface area contributed by atoms with Crippen molar-refractivity contribution in [3.05, 3.63) is 71.8 Å². The summed E-state index contributed by atoms with van der Waals surface area (Å²) in [6.45, 7) is 7.02. The zero-order valence-corrected chi connectivity index (χ0v) is 14.5. The fourth-order valence-corrected chi connectivity index (χ4v) is 3.59. The van der Waals surface area contributed by atoms with Crippen LogP contribution in [0.25, 0.3) is 0 Å². The number of nitrogens with zero attached hydrogens (tertiary/aromatic N) is 2. The van der Waals surface area contributed by atoms with Crippen LogP contribution in [-0.4, -0.2) is 46.7 Å². The second-order valence-corrected chi connectivity index (χ2v) is 6.92. The summed E-state index contributed by atoms with van der Waals surface area (Å²) in [5.74, 6) is 0. The molecule has 0 aromatic heterocycles. The van der Waals surface area contributed by atoms with Crippen molar-refractivity contribution in [2.75, 3.05) is 19.6 Å². The fourth-order valence-electron chi connectivity index (χ4n) is 3.59. The minimum Gasteiger partial charge on any atom is -0.393 e. The van der Waals surface area contributed by atoms with E-state index in [1.165, 1.54) is 11.1 Å². The van der Waals surface area contributed by atoms with E-state index in [4.69, 9.17) is 0 Å². The van der Waals surface area contributed by atoms with Gasteiger partial charge in [-0.05, 0) is 24.5 Å². The van der Waals surface area contributed by atoms with Crippen LogP contribution in [0, 0.1) is 0 Å². The highest BCUT2D eigenvalue weighted by Crippen LogP contribution is 2.19. The molecule has 0 aliphatic carbocycles. The molecular formula is C21H28N2O. The number of aliphatic hydroxyl groups is 1. The SMILES string of the molecule is C[C@@H](O)C[C@@H]1CN(Cc2ccccc2)CCN1Cc1ccccc1. The summed E-state index contributed by atoms with van der Waals surface area (Å²) in [4.78, 5) is 5.05. The molecule has 0 spiro atoms. The van der Waals surface area contributed by atoms with Crippen LogP contribution in [-0.2, 0) is 13.1 Å². The Morgan fingerprint density at radius 1 is 0.917 bits per heavy atom. The first kappa shape index (κ1) is 17.2. The van der Waals surface area contributed by atoms with E-state index in [0.29, 0.717) is 6.04 Å². The van der Waals surface area contributed by atoms with Crippen molar-refractivity contribution in [1.29, 1.82) is 0 Å². The molecule has 2 aromatic carbocycles. The van der Waals surface area contributed by atoms with E-state index in [1.54, 1.807) is 0 Å². The maximum absolute atomic E-state index is 9.92. The van der Waals surface area contributed by atoms with Crippen LogP contribution < -0.4 is 0 Å². The molecule has 0 bridgehead atoms. The Balaban J connectivity index is 1.64. The van der Waals surface area contributed by atoms with E-state index < -0.39 is 0 Å². The van der Waals surface area contributed by atoms with E-state index in [0.717, 1.165) is 39.1 Å². The first-order chi connectivity index (χ1) is 11.7. The topological polar surface area (TPSA) is 26.7 Å². The van der Waals surface area contributed by atoms with Gasteiger partial charge in [0.2, 0.25) is 0 Å². The van der Waals surface area contributed by atoms with Crippen LogP contribution in [0.3, 0.4) is 0 Å². The molecule has 0 unspecified atom stereocenters. The van der Waals surface area contributed by atoms with Gasteiger partial charge in [0.25, 0.3) is 0 Å². The highest BCUT2D eigenvalue weighted by molar-refractivity contribution is 5.16. The Kier molecular flexibility index (Phi) is 6.02. The second kappa shape index (κ2) is 8.43. The maximum atomic E-state index is 9.92. The number of rotatable bonds is 6. The standard InChI is InChI=1S/C21H28N2O/c1-18(24)14-21-17-22(15-19-8-4-2-5-9-19)12-13-23(21)16-20-10-6-3-7-11-20/h2-11,18,21,24H,12-17H2,1H3/t18-,21-/m1/s1. The van der Waals surface area contributed by atoms with Crippen molar-refractivity contribution in [2.24, 2.45) is 0 Å². The van der Waals surface area contributed by atoms with E-state index in [2.05, 4.69) is 70.5 Å². The molecular weight excluding hydrogens is 296 g/mol. The smallest absolute Gasteiger partial charge is 0.0527 e. The zero-order valence-electron chi connectivity index (χ0n) is 14.5. The Bertz CT molecular complexity index is 600. The molecule has 1 aliphatic rings. The van der Waals surface area contributed by atoms with Crippen molar-refractivity contribution in [2.45, 2.75) is 38.6 Å². The number of hydrogen-bond acceptors (Lipinski definition) is 3. The number of hydrogen-bond donors (Lipinski definition) is 1. The van der Waals surface area contributed by atoms with Crippen LogP contribution in [0.4, 0.5) is 0 Å². The van der Waals surface area contributed by atoms with Crippen molar-refractivity contribution < 1.29 is 5.11 Å². The largest absolute Gasteiger partial charge is 0.393 e. The van der Waals surface area contributed by atoms with Gasteiger partial charge in [0.05, 0.1) is 6.10 Å². The summed E-state index contributed by atoms with van der Waals surface area (Å²) in [5.41, 5.74) is 2.72. The molecule has 1 N–H and O–H groups in total. The molecule has 1 heterocycles. The third kappa shape index (κ3) is 4.91. The third-order valence-corrected chi connectivity index (χ3v) is 4.78. The highest BCUT2D eigenvalue weighted by atomic mass is 16.3. The number of piperazine rings is 1. The summed E-state index contributed by atoms with van der Waals surface area (Å²) in [5, 5.41) is 9.92. The quantitative estimate of drug-likeness (QED) is 0.884. The summed E-state index contributed by atoms with van der Waals surface area (Å²) in [6.07, 6.45) is 0.572. The average Bonchev–Trinajstić information content (AvgIpc) is 2.59. The van der Waals surface area contributed by atoms with Crippen molar-refractivity contribution in [3.8, 4) is 0 Å². The van der Waals surface area contributed by atoms with Gasteiger partial charge in [-0.25, -0.2) is 0 Å². The van der Waals surface area contributed by atoms with Gasteiger partial charge >= 0.3 is 0 Å². The monoisotopic (exact) mass is 324 g/mol. The lowest BCUT2D eigenvalue weighted by Gasteiger charge is -2.42.